The summed E-state index contributed by atoms with van der Waals surface area (Å²) in [6.07, 6.45) is 3.57. The molecule has 126 valence electrons. The van der Waals surface area contributed by atoms with Crippen LogP contribution in [0.4, 0.5) is 0 Å². The van der Waals surface area contributed by atoms with Crippen LogP contribution in [0.3, 0.4) is 0 Å². The Hall–Kier alpha value is -1.92. The van der Waals surface area contributed by atoms with Gasteiger partial charge in [-0.05, 0) is 49.2 Å². The molecule has 2 aromatic rings. The summed E-state index contributed by atoms with van der Waals surface area (Å²) in [5.41, 5.74) is 0.483. The number of aromatic nitrogens is 1. The highest BCUT2D eigenvalue weighted by atomic mass is 79.9. The number of halogens is 1. The number of amides is 1. The van der Waals surface area contributed by atoms with E-state index in [2.05, 4.69) is 20.9 Å². The van der Waals surface area contributed by atoms with E-state index in [4.69, 9.17) is 9.47 Å². The van der Waals surface area contributed by atoms with Crippen LogP contribution >= 0.6 is 15.9 Å². The summed E-state index contributed by atoms with van der Waals surface area (Å²) in [6, 6.07) is 10.9. The molecule has 1 fully saturated rings. The second-order valence-electron chi connectivity index (χ2n) is 5.64. The average Bonchev–Trinajstić information content (AvgIpc) is 2.63. The number of hydrogen-bond donors (Lipinski definition) is 0. The predicted molar refractivity (Wildman–Crippen MR) is 94.4 cm³/mol. The van der Waals surface area contributed by atoms with Crippen molar-refractivity contribution in [2.45, 2.75) is 18.9 Å². The third kappa shape index (κ3) is 3.94. The third-order valence-corrected chi connectivity index (χ3v) is 4.62. The molecular formula is C18H19BrN2O3. The van der Waals surface area contributed by atoms with Gasteiger partial charge in [-0.1, -0.05) is 15.9 Å². The molecule has 3 rings (SSSR count). The number of piperidine rings is 1. The van der Waals surface area contributed by atoms with E-state index in [-0.39, 0.29) is 12.0 Å². The van der Waals surface area contributed by atoms with E-state index in [0.29, 0.717) is 30.3 Å². The fraction of sp³-hybridized carbons (Fsp3) is 0.333. The third-order valence-electron chi connectivity index (χ3n) is 4.09. The topological polar surface area (TPSA) is 51.7 Å². The minimum Gasteiger partial charge on any atom is -0.438 e. The van der Waals surface area contributed by atoms with Crippen LogP contribution in [0.25, 0.3) is 0 Å². The molecule has 1 saturated heterocycles. The smallest absolute Gasteiger partial charge is 0.259 e. The van der Waals surface area contributed by atoms with Gasteiger partial charge in [0, 0.05) is 30.9 Å². The van der Waals surface area contributed by atoms with Crippen LogP contribution in [-0.4, -0.2) is 42.1 Å². The second kappa shape index (κ2) is 7.77. The number of hydrogen-bond acceptors (Lipinski definition) is 4. The van der Waals surface area contributed by atoms with Crippen molar-refractivity contribution in [3.8, 4) is 11.6 Å². The Morgan fingerprint density at radius 2 is 1.92 bits per heavy atom. The van der Waals surface area contributed by atoms with Gasteiger partial charge in [-0.25, -0.2) is 4.98 Å². The van der Waals surface area contributed by atoms with Crippen molar-refractivity contribution >= 4 is 21.8 Å². The normalized spacial score (nSPS) is 15.3. The molecule has 1 amide bonds. The Labute approximate surface area is 149 Å². The minimum absolute atomic E-state index is 0.0511. The summed E-state index contributed by atoms with van der Waals surface area (Å²) in [5, 5.41) is 0. The molecule has 6 heteroatoms. The van der Waals surface area contributed by atoms with Crippen molar-refractivity contribution in [2.75, 3.05) is 20.2 Å². The van der Waals surface area contributed by atoms with Crippen molar-refractivity contribution in [2.24, 2.45) is 0 Å². The summed E-state index contributed by atoms with van der Waals surface area (Å²) in [5.74, 6) is 0.924. The van der Waals surface area contributed by atoms with E-state index in [1.54, 1.807) is 25.4 Å². The number of methoxy groups -OCH3 is 1. The molecule has 1 aliphatic heterocycles. The monoisotopic (exact) mass is 390 g/mol. The second-order valence-corrected chi connectivity index (χ2v) is 6.56. The number of benzene rings is 1. The Morgan fingerprint density at radius 1 is 1.21 bits per heavy atom. The van der Waals surface area contributed by atoms with Crippen molar-refractivity contribution < 1.29 is 14.3 Å². The summed E-state index contributed by atoms with van der Waals surface area (Å²) in [6.45, 7) is 1.37. The van der Waals surface area contributed by atoms with Crippen molar-refractivity contribution in [3.05, 3.63) is 52.6 Å². The summed E-state index contributed by atoms with van der Waals surface area (Å²) in [7, 11) is 1.72. The quantitative estimate of drug-likeness (QED) is 0.794. The molecule has 0 atom stereocenters. The van der Waals surface area contributed by atoms with E-state index >= 15 is 0 Å². The first-order valence-electron chi connectivity index (χ1n) is 7.88. The van der Waals surface area contributed by atoms with E-state index in [1.165, 1.54) is 0 Å². The highest BCUT2D eigenvalue weighted by Crippen LogP contribution is 2.26. The van der Waals surface area contributed by atoms with E-state index in [1.807, 2.05) is 29.2 Å². The van der Waals surface area contributed by atoms with E-state index in [9.17, 15) is 4.79 Å². The van der Waals surface area contributed by atoms with Gasteiger partial charge in [0.1, 0.15) is 11.3 Å². The first kappa shape index (κ1) is 16.9. The maximum atomic E-state index is 12.8. The van der Waals surface area contributed by atoms with Gasteiger partial charge in [0.15, 0.2) is 0 Å². The summed E-state index contributed by atoms with van der Waals surface area (Å²) < 4.78 is 12.1. The number of carbonyl (C=O) groups is 1. The SMILES string of the molecule is COC1CCN(C(=O)c2cccnc2Oc2ccc(Br)cc2)CC1. The largest absolute Gasteiger partial charge is 0.438 e. The zero-order valence-electron chi connectivity index (χ0n) is 13.4. The van der Waals surface area contributed by atoms with Crippen molar-refractivity contribution in [1.29, 1.82) is 0 Å². The molecule has 5 nitrogen and oxygen atoms in total. The molecule has 0 unspecified atom stereocenters. The van der Waals surface area contributed by atoms with Crippen LogP contribution in [-0.2, 0) is 4.74 Å². The molecule has 0 aliphatic carbocycles. The number of likely N-dealkylation sites (tertiary alicyclic amines) is 1. The maximum absolute atomic E-state index is 12.8. The fourth-order valence-corrected chi connectivity index (χ4v) is 2.98. The highest BCUT2D eigenvalue weighted by Gasteiger charge is 2.25. The lowest BCUT2D eigenvalue weighted by Gasteiger charge is -2.31. The Bertz CT molecular complexity index is 698. The molecule has 0 bridgehead atoms. The molecule has 1 aromatic carbocycles. The van der Waals surface area contributed by atoms with Crippen molar-refractivity contribution in [1.82, 2.24) is 9.88 Å². The number of ether oxygens (including phenoxy) is 2. The Morgan fingerprint density at radius 3 is 2.58 bits per heavy atom. The molecule has 0 radical (unpaired) electrons. The summed E-state index contributed by atoms with van der Waals surface area (Å²) in [4.78, 5) is 18.9. The molecule has 0 saturated carbocycles. The van der Waals surface area contributed by atoms with Gasteiger partial charge >= 0.3 is 0 Å². The molecule has 1 aromatic heterocycles. The van der Waals surface area contributed by atoms with Gasteiger partial charge in [-0.2, -0.15) is 0 Å². The Kier molecular flexibility index (Phi) is 5.48. The molecule has 1 aliphatic rings. The first-order chi connectivity index (χ1) is 11.7. The lowest BCUT2D eigenvalue weighted by molar-refractivity contribution is 0.0349. The number of nitrogens with zero attached hydrogens (tertiary/aromatic N) is 2. The van der Waals surface area contributed by atoms with Crippen LogP contribution < -0.4 is 4.74 Å². The highest BCUT2D eigenvalue weighted by molar-refractivity contribution is 9.10. The van der Waals surface area contributed by atoms with Crippen LogP contribution in [0, 0.1) is 0 Å². The number of rotatable bonds is 4. The Balaban J connectivity index is 1.76. The molecule has 24 heavy (non-hydrogen) atoms. The van der Waals surface area contributed by atoms with Gasteiger partial charge in [0.25, 0.3) is 5.91 Å². The van der Waals surface area contributed by atoms with Gasteiger partial charge in [-0.15, -0.1) is 0 Å². The summed E-state index contributed by atoms with van der Waals surface area (Å²) >= 11 is 3.39. The molecule has 0 N–H and O–H groups in total. The van der Waals surface area contributed by atoms with Crippen LogP contribution in [0.2, 0.25) is 0 Å². The first-order valence-corrected chi connectivity index (χ1v) is 8.67. The van der Waals surface area contributed by atoms with Crippen LogP contribution in [0.15, 0.2) is 47.1 Å². The minimum atomic E-state index is -0.0511. The number of pyridine rings is 1. The van der Waals surface area contributed by atoms with Crippen molar-refractivity contribution in [3.63, 3.8) is 0 Å². The van der Waals surface area contributed by atoms with Crippen LogP contribution in [0.1, 0.15) is 23.2 Å². The van der Waals surface area contributed by atoms with E-state index < -0.39 is 0 Å². The lowest BCUT2D eigenvalue weighted by Crippen LogP contribution is -2.40. The fourth-order valence-electron chi connectivity index (χ4n) is 2.71. The zero-order valence-corrected chi connectivity index (χ0v) is 15.0. The predicted octanol–water partition coefficient (Wildman–Crippen LogP) is 3.89. The number of carbonyl (C=O) groups excluding carboxylic acids is 1. The van der Waals surface area contributed by atoms with Gasteiger partial charge < -0.3 is 14.4 Å². The zero-order chi connectivity index (χ0) is 16.9. The lowest BCUT2D eigenvalue weighted by atomic mass is 10.1. The van der Waals surface area contributed by atoms with Crippen LogP contribution in [0.5, 0.6) is 11.6 Å². The maximum Gasteiger partial charge on any atom is 0.259 e. The molecular weight excluding hydrogens is 372 g/mol. The van der Waals surface area contributed by atoms with Gasteiger partial charge in [-0.3, -0.25) is 4.79 Å². The van der Waals surface area contributed by atoms with Gasteiger partial charge in [0.05, 0.1) is 6.10 Å². The molecule has 0 spiro atoms. The molecule has 2 heterocycles. The van der Waals surface area contributed by atoms with E-state index in [0.717, 1.165) is 17.3 Å². The average molecular weight is 391 g/mol. The standard InChI is InChI=1S/C18H19BrN2O3/c1-23-14-8-11-21(12-9-14)18(22)16-3-2-10-20-17(16)24-15-6-4-13(19)5-7-15/h2-7,10,14H,8-9,11-12H2,1H3. The van der Waals surface area contributed by atoms with Gasteiger partial charge in [0.2, 0.25) is 5.88 Å².